The fourth-order valence-electron chi connectivity index (χ4n) is 2.77. The summed E-state index contributed by atoms with van der Waals surface area (Å²) < 4.78 is 43.6. The van der Waals surface area contributed by atoms with Gasteiger partial charge in [-0.3, -0.25) is 4.90 Å². The smallest absolute Gasteiger partial charge is 0.395 e. The molecule has 2 N–H and O–H groups in total. The van der Waals surface area contributed by atoms with E-state index in [1.54, 1.807) is 0 Å². The Balaban J connectivity index is 2.01. The molecule has 110 valence electrons. The molecule has 1 saturated heterocycles. The first-order chi connectivity index (χ1) is 8.80. The number of carbonyl (C=O) groups excluding carboxylic acids is 1. The number of likely N-dealkylation sites (tertiary alicyclic amines) is 1. The Morgan fingerprint density at radius 2 is 1.79 bits per heavy atom. The van der Waals surface area contributed by atoms with Gasteiger partial charge in [-0.25, -0.2) is 4.79 Å². The highest BCUT2D eigenvalue weighted by Crippen LogP contribution is 2.45. The molecule has 0 aromatic heterocycles. The van der Waals surface area contributed by atoms with Crippen molar-refractivity contribution in [1.82, 2.24) is 0 Å². The highest BCUT2D eigenvalue weighted by molar-refractivity contribution is 5.77. The maximum Gasteiger partial charge on any atom is 0.417 e. The molecule has 0 unspecified atom stereocenters. The number of carbonyl (C=O) groups is 1. The molecule has 2 rings (SSSR count). The molecule has 1 amide bonds. The molecule has 4 nitrogen and oxygen atoms in total. The lowest BCUT2D eigenvalue weighted by Gasteiger charge is -2.39. The monoisotopic (exact) mass is 282 g/mol. The molecule has 1 heterocycles. The third-order valence-corrected chi connectivity index (χ3v) is 4.53. The minimum absolute atomic E-state index is 0.105. The van der Waals surface area contributed by atoms with E-state index < -0.39 is 17.2 Å². The molecular formula is C12H19F3NO3+. The number of aliphatic hydroxyl groups excluding tert-OH is 1. The van der Waals surface area contributed by atoms with Gasteiger partial charge >= 0.3 is 12.1 Å². The van der Waals surface area contributed by atoms with E-state index in [1.165, 1.54) is 0 Å². The van der Waals surface area contributed by atoms with Gasteiger partial charge in [0.15, 0.2) is 5.60 Å². The van der Waals surface area contributed by atoms with Crippen molar-refractivity contribution >= 4 is 5.91 Å². The van der Waals surface area contributed by atoms with Crippen LogP contribution in [0.25, 0.3) is 0 Å². The summed E-state index contributed by atoms with van der Waals surface area (Å²) in [7, 11) is 1.07. The summed E-state index contributed by atoms with van der Waals surface area (Å²) >= 11 is 0. The van der Waals surface area contributed by atoms with Gasteiger partial charge < -0.3 is 9.84 Å². The average Bonchev–Trinajstić information content (AvgIpc) is 3.17. The molecule has 0 aromatic rings. The molecule has 1 aliphatic carbocycles. The molecule has 0 radical (unpaired) electrons. The molecule has 1 aliphatic heterocycles. The normalized spacial score (nSPS) is 34.1. The predicted octanol–water partition coefficient (Wildman–Crippen LogP) is -0.0883. The third kappa shape index (κ3) is 2.39. The van der Waals surface area contributed by atoms with Crippen LogP contribution in [-0.2, 0) is 9.53 Å². The summed E-state index contributed by atoms with van der Waals surface area (Å²) in [4.78, 5) is 12.7. The second kappa shape index (κ2) is 4.71. The Bertz CT molecular complexity index is 358. The maximum absolute atomic E-state index is 13.0. The lowest BCUT2D eigenvalue weighted by Crippen LogP contribution is -3.17. The summed E-state index contributed by atoms with van der Waals surface area (Å²) in [6.45, 7) is 0.00584. The van der Waals surface area contributed by atoms with Gasteiger partial charge in [0.2, 0.25) is 0 Å². The van der Waals surface area contributed by atoms with E-state index in [1.807, 2.05) is 0 Å². The third-order valence-electron chi connectivity index (χ3n) is 4.53. The van der Waals surface area contributed by atoms with Gasteiger partial charge in [0.1, 0.15) is 5.41 Å². The van der Waals surface area contributed by atoms with Crippen molar-refractivity contribution in [1.29, 1.82) is 0 Å². The molecule has 19 heavy (non-hydrogen) atoms. The second-order valence-corrected chi connectivity index (χ2v) is 5.57. The summed E-state index contributed by atoms with van der Waals surface area (Å²) in [6, 6.07) is 0. The van der Waals surface area contributed by atoms with Gasteiger partial charge in [-0.1, -0.05) is 0 Å². The number of hydrogen-bond acceptors (Lipinski definition) is 3. The summed E-state index contributed by atoms with van der Waals surface area (Å²) in [5, 5.41) is 9.20. The topological polar surface area (TPSA) is 51.0 Å². The van der Waals surface area contributed by atoms with Crippen molar-refractivity contribution in [2.75, 3.05) is 26.8 Å². The zero-order valence-corrected chi connectivity index (χ0v) is 10.8. The van der Waals surface area contributed by atoms with E-state index >= 15 is 0 Å². The van der Waals surface area contributed by atoms with Crippen LogP contribution in [-0.4, -0.2) is 49.6 Å². The van der Waals surface area contributed by atoms with Crippen LogP contribution in [0.5, 0.6) is 0 Å². The van der Waals surface area contributed by atoms with Crippen LogP contribution in [0, 0.1) is 5.41 Å². The predicted molar refractivity (Wildman–Crippen MR) is 59.5 cm³/mol. The van der Waals surface area contributed by atoms with Crippen LogP contribution in [0.3, 0.4) is 0 Å². The molecule has 0 atom stereocenters. The molecule has 0 spiro atoms. The van der Waals surface area contributed by atoms with Gasteiger partial charge in [0.25, 0.3) is 0 Å². The highest BCUT2D eigenvalue weighted by atomic mass is 19.4. The molecule has 2 aliphatic rings. The molecule has 7 heteroatoms. The van der Waals surface area contributed by atoms with Crippen LogP contribution >= 0.6 is 0 Å². The minimum Gasteiger partial charge on any atom is -0.395 e. The summed E-state index contributed by atoms with van der Waals surface area (Å²) in [5.41, 5.74) is -2.80. The molecule has 2 fully saturated rings. The fraction of sp³-hybridized carbons (Fsp3) is 0.917. The van der Waals surface area contributed by atoms with Crippen LogP contribution < -0.4 is 4.90 Å². The number of quaternary nitrogens is 1. The Morgan fingerprint density at radius 3 is 2.11 bits per heavy atom. The Labute approximate surface area is 109 Å². The van der Waals surface area contributed by atoms with Gasteiger partial charge in [-0.2, -0.15) is 13.2 Å². The van der Waals surface area contributed by atoms with Crippen LogP contribution in [0.1, 0.15) is 25.7 Å². The number of rotatable bonds is 3. The number of piperidine rings is 1. The lowest BCUT2D eigenvalue weighted by atomic mass is 9.89. The van der Waals surface area contributed by atoms with Gasteiger partial charge in [-0.15, -0.1) is 0 Å². The van der Waals surface area contributed by atoms with Gasteiger partial charge in [0.05, 0.1) is 19.7 Å². The molecule has 0 aromatic carbocycles. The number of alkyl halides is 3. The number of amides is 1. The highest BCUT2D eigenvalue weighted by Gasteiger charge is 2.61. The van der Waals surface area contributed by atoms with E-state index in [4.69, 9.17) is 4.74 Å². The van der Waals surface area contributed by atoms with Gasteiger partial charge in [-0.05, 0) is 12.8 Å². The van der Waals surface area contributed by atoms with E-state index in [-0.39, 0.29) is 38.4 Å². The van der Waals surface area contributed by atoms with Crippen molar-refractivity contribution in [2.45, 2.75) is 37.5 Å². The number of ether oxygens (including phenoxy) is 1. The quantitative estimate of drug-likeness (QED) is 0.761. The lowest BCUT2D eigenvalue weighted by molar-refractivity contribution is -0.833. The van der Waals surface area contributed by atoms with E-state index in [9.17, 15) is 23.1 Å². The Kier molecular flexibility index (Phi) is 3.66. The summed E-state index contributed by atoms with van der Waals surface area (Å²) in [5.74, 6) is -0.137. The second-order valence-electron chi connectivity index (χ2n) is 5.57. The Morgan fingerprint density at radius 1 is 1.26 bits per heavy atom. The van der Waals surface area contributed by atoms with Crippen molar-refractivity contribution in [3.05, 3.63) is 0 Å². The maximum atomic E-state index is 13.0. The standard InChI is InChI=1S/C12H18F3NO3/c1-19-11(12(13,14)15)4-6-16(7-5-11)9(18)10(8-17)2-3-10/h17H,2-8H2,1H3/p+1. The first-order valence-electron chi connectivity index (χ1n) is 6.42. The van der Waals surface area contributed by atoms with E-state index in [2.05, 4.69) is 0 Å². The summed E-state index contributed by atoms with van der Waals surface area (Å²) in [6.07, 6.45) is -3.56. The van der Waals surface area contributed by atoms with Crippen LogP contribution in [0.15, 0.2) is 0 Å². The zero-order valence-electron chi connectivity index (χ0n) is 10.8. The number of hydrogen-bond donors (Lipinski definition) is 2. The molecule has 0 bridgehead atoms. The Hall–Kier alpha value is -0.660. The average molecular weight is 282 g/mol. The molecule has 1 saturated carbocycles. The fourth-order valence-corrected chi connectivity index (χ4v) is 2.77. The van der Waals surface area contributed by atoms with Crippen molar-refractivity contribution in [2.24, 2.45) is 5.41 Å². The van der Waals surface area contributed by atoms with Crippen molar-refractivity contribution < 1.29 is 32.7 Å². The van der Waals surface area contributed by atoms with Crippen molar-refractivity contribution in [3.8, 4) is 0 Å². The number of aliphatic hydroxyl groups is 1. The minimum atomic E-state index is -4.41. The van der Waals surface area contributed by atoms with Crippen molar-refractivity contribution in [3.63, 3.8) is 0 Å². The molecular weight excluding hydrogens is 263 g/mol. The van der Waals surface area contributed by atoms with Gasteiger partial charge in [0, 0.05) is 20.0 Å². The first kappa shape index (κ1) is 14.7. The van der Waals surface area contributed by atoms with E-state index in [0.717, 1.165) is 7.11 Å². The number of methoxy groups -OCH3 is 1. The van der Waals surface area contributed by atoms with Crippen LogP contribution in [0.4, 0.5) is 13.2 Å². The number of halogens is 3. The number of nitrogens with one attached hydrogen (secondary N) is 1. The first-order valence-corrected chi connectivity index (χ1v) is 6.42. The zero-order chi connectivity index (χ0) is 14.3. The van der Waals surface area contributed by atoms with Crippen LogP contribution in [0.2, 0.25) is 0 Å². The largest absolute Gasteiger partial charge is 0.417 e. The van der Waals surface area contributed by atoms with E-state index in [0.29, 0.717) is 17.7 Å². The SMILES string of the molecule is COC1(C(F)(F)F)CC[NH+](C(=O)C2(CO)CC2)CC1.